The number of nitrogen functional groups attached to an aromatic ring is 1. The second-order valence-corrected chi connectivity index (χ2v) is 8.88. The molecule has 4 nitrogen and oxygen atoms in total. The molecule has 30 heavy (non-hydrogen) atoms. The molecule has 2 rings (SSSR count). The zero-order valence-electron chi connectivity index (χ0n) is 18.3. The molecule has 0 fully saturated rings. The number of halogens is 2. The van der Waals surface area contributed by atoms with Crippen LogP contribution >= 0.6 is 11.6 Å². The molecule has 0 saturated carbocycles. The molecular weight excluding hydrogens is 417 g/mol. The summed E-state index contributed by atoms with van der Waals surface area (Å²) in [5.74, 6) is 0.0139. The summed E-state index contributed by atoms with van der Waals surface area (Å²) < 4.78 is 0.958. The highest BCUT2D eigenvalue weighted by atomic mass is 35.5. The first kappa shape index (κ1) is 26.3. The summed E-state index contributed by atoms with van der Waals surface area (Å²) >= 11 is 6.10. The first-order valence-electron chi connectivity index (χ1n) is 10.5. The largest absolute Gasteiger partial charge is 1.00 e. The third-order valence-electron chi connectivity index (χ3n) is 5.56. The molecule has 2 aromatic rings. The molecule has 0 heterocycles. The van der Waals surface area contributed by atoms with E-state index in [4.69, 9.17) is 17.3 Å². The Kier molecular flexibility index (Phi) is 11.2. The molecule has 0 aliphatic heterocycles. The van der Waals surface area contributed by atoms with Gasteiger partial charge in [0.1, 0.15) is 0 Å². The lowest BCUT2D eigenvalue weighted by atomic mass is 10.0. The average molecular weight is 452 g/mol. The Balaban J connectivity index is 0.00000450. The van der Waals surface area contributed by atoms with Crippen LogP contribution in [0.15, 0.2) is 48.5 Å². The van der Waals surface area contributed by atoms with E-state index in [2.05, 4.69) is 26.3 Å². The van der Waals surface area contributed by atoms with Gasteiger partial charge in [-0.05, 0) is 62.1 Å². The van der Waals surface area contributed by atoms with Crippen LogP contribution in [-0.2, 0) is 6.42 Å². The van der Waals surface area contributed by atoms with E-state index in [0.29, 0.717) is 10.7 Å². The molecule has 0 aliphatic rings. The number of rotatable bonds is 11. The van der Waals surface area contributed by atoms with Crippen LogP contribution in [0.3, 0.4) is 0 Å². The summed E-state index contributed by atoms with van der Waals surface area (Å²) in [7, 11) is 4.47. The smallest absolute Gasteiger partial charge is 0.251 e. The Labute approximate surface area is 192 Å². The monoisotopic (exact) mass is 451 g/mol. The van der Waals surface area contributed by atoms with E-state index < -0.39 is 0 Å². The van der Waals surface area contributed by atoms with Crippen LogP contribution in [0, 0.1) is 0 Å². The van der Waals surface area contributed by atoms with Gasteiger partial charge in [0.2, 0.25) is 0 Å². The van der Waals surface area contributed by atoms with Crippen molar-refractivity contribution < 1.29 is 21.7 Å². The Morgan fingerprint density at radius 3 is 2.43 bits per heavy atom. The number of hydrogen-bond acceptors (Lipinski definition) is 2. The maximum absolute atomic E-state index is 12.6. The average Bonchev–Trinajstić information content (AvgIpc) is 2.69. The molecular formula is C24H35Cl2N3O. The Hall–Kier alpha value is -1.75. The predicted octanol–water partition coefficient (Wildman–Crippen LogP) is 1.92. The van der Waals surface area contributed by atoms with Crippen molar-refractivity contribution >= 4 is 23.2 Å². The second kappa shape index (κ2) is 12.8. The van der Waals surface area contributed by atoms with Gasteiger partial charge in [0, 0.05) is 28.7 Å². The van der Waals surface area contributed by atoms with Gasteiger partial charge in [0.05, 0.1) is 27.2 Å². The molecule has 166 valence electrons. The quantitative estimate of drug-likeness (QED) is 0.311. The molecule has 0 saturated heterocycles. The van der Waals surface area contributed by atoms with E-state index >= 15 is 0 Å². The second-order valence-electron chi connectivity index (χ2n) is 8.44. The molecule has 6 heteroatoms. The predicted molar refractivity (Wildman–Crippen MR) is 123 cm³/mol. The zero-order chi connectivity index (χ0) is 21.3. The molecule has 1 amide bonds. The topological polar surface area (TPSA) is 55.1 Å². The molecule has 0 radical (unpaired) electrons. The maximum Gasteiger partial charge on any atom is 0.251 e. The Morgan fingerprint density at radius 2 is 1.80 bits per heavy atom. The van der Waals surface area contributed by atoms with Crippen molar-refractivity contribution in [1.82, 2.24) is 5.32 Å². The van der Waals surface area contributed by atoms with Gasteiger partial charge in [-0.3, -0.25) is 4.79 Å². The first-order valence-corrected chi connectivity index (χ1v) is 10.9. The maximum atomic E-state index is 12.6. The van der Waals surface area contributed by atoms with Gasteiger partial charge in [-0.25, -0.2) is 0 Å². The van der Waals surface area contributed by atoms with Crippen molar-refractivity contribution in [2.75, 3.05) is 32.9 Å². The number of aryl methyl sites for hydroxylation is 1. The van der Waals surface area contributed by atoms with Crippen LogP contribution in [-0.4, -0.2) is 43.6 Å². The minimum Gasteiger partial charge on any atom is -1.00 e. The minimum atomic E-state index is 0. The van der Waals surface area contributed by atoms with Crippen molar-refractivity contribution in [3.8, 4) is 0 Å². The van der Waals surface area contributed by atoms with Gasteiger partial charge in [0.25, 0.3) is 5.91 Å². The number of unbranched alkanes of at least 4 members (excludes halogenated alkanes) is 1. The summed E-state index contributed by atoms with van der Waals surface area (Å²) in [5.41, 5.74) is 8.48. The van der Waals surface area contributed by atoms with Crippen LogP contribution in [0.5, 0.6) is 0 Å². The van der Waals surface area contributed by atoms with Crippen LogP contribution < -0.4 is 23.5 Å². The summed E-state index contributed by atoms with van der Waals surface area (Å²) in [4.78, 5) is 12.6. The van der Waals surface area contributed by atoms with Gasteiger partial charge >= 0.3 is 0 Å². The van der Waals surface area contributed by atoms with E-state index in [1.807, 2.05) is 42.5 Å². The number of nitrogens with zero attached hydrogens (tertiary/aromatic N) is 1. The molecule has 0 aliphatic carbocycles. The van der Waals surface area contributed by atoms with Crippen molar-refractivity contribution in [1.29, 1.82) is 0 Å². The molecule has 3 N–H and O–H groups in total. The molecule has 0 bridgehead atoms. The van der Waals surface area contributed by atoms with E-state index in [1.54, 1.807) is 6.07 Å². The fourth-order valence-corrected chi connectivity index (χ4v) is 3.62. The van der Waals surface area contributed by atoms with E-state index in [-0.39, 0.29) is 24.4 Å². The summed E-state index contributed by atoms with van der Waals surface area (Å²) in [6, 6.07) is 15.4. The van der Waals surface area contributed by atoms with Crippen molar-refractivity contribution in [3.63, 3.8) is 0 Å². The Bertz CT molecular complexity index is 761. The van der Waals surface area contributed by atoms with E-state index in [1.165, 1.54) is 5.56 Å². The highest BCUT2D eigenvalue weighted by molar-refractivity contribution is 6.30. The van der Waals surface area contributed by atoms with Gasteiger partial charge < -0.3 is 27.9 Å². The number of nitrogens with two attached hydrogens (primary N) is 1. The van der Waals surface area contributed by atoms with Crippen molar-refractivity contribution in [2.45, 2.75) is 45.1 Å². The number of quaternary nitrogens is 1. The number of amides is 1. The van der Waals surface area contributed by atoms with Crippen LogP contribution in [0.2, 0.25) is 5.02 Å². The Morgan fingerprint density at radius 1 is 1.10 bits per heavy atom. The number of nitrogens with one attached hydrogen (secondary N) is 1. The highest BCUT2D eigenvalue weighted by Gasteiger charge is 2.19. The summed E-state index contributed by atoms with van der Waals surface area (Å²) in [6.07, 6.45) is 4.98. The summed E-state index contributed by atoms with van der Waals surface area (Å²) in [6.45, 7) is 4.32. The number of anilines is 1. The number of carbonyl (C=O) groups excluding carboxylic acids is 1. The van der Waals surface area contributed by atoms with E-state index in [0.717, 1.165) is 55.2 Å². The van der Waals surface area contributed by atoms with Gasteiger partial charge in [0.15, 0.2) is 0 Å². The van der Waals surface area contributed by atoms with Crippen molar-refractivity contribution in [2.24, 2.45) is 0 Å². The van der Waals surface area contributed by atoms with Crippen LogP contribution in [0.25, 0.3) is 0 Å². The SMILES string of the molecule is CC[N+](C)(C)CCC(CCCCc1cc(N)cc(Cl)c1)NC(=O)c1ccccc1.[Cl-]. The lowest BCUT2D eigenvalue weighted by molar-refractivity contribution is -0.888. The lowest BCUT2D eigenvalue weighted by Gasteiger charge is -2.30. The number of benzene rings is 2. The number of hydrogen-bond donors (Lipinski definition) is 2. The van der Waals surface area contributed by atoms with Crippen molar-refractivity contribution in [3.05, 3.63) is 64.7 Å². The standard InChI is InChI=1S/C24H34ClN3O.ClH/c1-4-28(2,3)15-14-23(27-24(29)20-11-6-5-7-12-20)13-9-8-10-19-16-21(25)18-22(26)17-19;/h5-7,11-12,16-18,23H,4,8-10,13-15,26H2,1-3H3;1H. The van der Waals surface area contributed by atoms with Crippen LogP contribution in [0.4, 0.5) is 5.69 Å². The zero-order valence-corrected chi connectivity index (χ0v) is 19.8. The van der Waals surface area contributed by atoms with Gasteiger partial charge in [-0.2, -0.15) is 0 Å². The fourth-order valence-electron chi connectivity index (χ4n) is 3.35. The first-order chi connectivity index (χ1) is 13.8. The minimum absolute atomic E-state index is 0. The molecule has 0 spiro atoms. The highest BCUT2D eigenvalue weighted by Crippen LogP contribution is 2.19. The van der Waals surface area contributed by atoms with Gasteiger partial charge in [-0.15, -0.1) is 0 Å². The fraction of sp³-hybridized carbons (Fsp3) is 0.458. The lowest BCUT2D eigenvalue weighted by Crippen LogP contribution is -3.00. The van der Waals surface area contributed by atoms with E-state index in [9.17, 15) is 4.79 Å². The molecule has 1 unspecified atom stereocenters. The molecule has 0 aromatic heterocycles. The van der Waals surface area contributed by atoms with Gasteiger partial charge in [-0.1, -0.05) is 36.2 Å². The van der Waals surface area contributed by atoms with Crippen LogP contribution in [0.1, 0.15) is 48.5 Å². The third kappa shape index (κ3) is 9.38. The summed E-state index contributed by atoms with van der Waals surface area (Å²) in [5, 5.41) is 3.94. The number of carbonyl (C=O) groups is 1. The molecule has 1 atom stereocenters. The normalized spacial score (nSPS) is 12.1. The third-order valence-corrected chi connectivity index (χ3v) is 5.78. The molecule has 2 aromatic carbocycles.